The minimum Gasteiger partial charge on any atom is -0.486 e. The van der Waals surface area contributed by atoms with Gasteiger partial charge in [0.2, 0.25) is 0 Å². The molecule has 150 valence electrons. The SMILES string of the molecule is Cc1ccc(Oc2cccc3c2CC[C@H]3Oc2ccc(-c3cc(=O)[nH]s3)cc2)cc1. The van der Waals surface area contributed by atoms with E-state index >= 15 is 0 Å². The molecule has 1 N–H and O–H groups in total. The third-order valence-corrected chi connectivity index (χ3v) is 6.24. The number of rotatable bonds is 5. The van der Waals surface area contributed by atoms with Crippen molar-refractivity contribution in [2.24, 2.45) is 0 Å². The topological polar surface area (TPSA) is 51.3 Å². The number of aromatic amines is 1. The van der Waals surface area contributed by atoms with Crippen molar-refractivity contribution in [2.75, 3.05) is 0 Å². The Morgan fingerprint density at radius 3 is 2.47 bits per heavy atom. The molecule has 3 aromatic carbocycles. The smallest absolute Gasteiger partial charge is 0.258 e. The van der Waals surface area contributed by atoms with Gasteiger partial charge in [-0.2, -0.15) is 0 Å². The fourth-order valence-electron chi connectivity index (χ4n) is 3.82. The monoisotopic (exact) mass is 415 g/mol. The van der Waals surface area contributed by atoms with E-state index in [9.17, 15) is 4.79 Å². The second-order valence-corrected chi connectivity index (χ2v) is 8.33. The second-order valence-electron chi connectivity index (χ2n) is 7.49. The van der Waals surface area contributed by atoms with Gasteiger partial charge in [-0.3, -0.25) is 9.17 Å². The van der Waals surface area contributed by atoms with Crippen LogP contribution >= 0.6 is 11.5 Å². The Kier molecular flexibility index (Phi) is 4.89. The fraction of sp³-hybridized carbons (Fsp3) is 0.160. The Morgan fingerprint density at radius 1 is 0.967 bits per heavy atom. The summed E-state index contributed by atoms with van der Waals surface area (Å²) in [5, 5.41) is 0. The highest BCUT2D eigenvalue weighted by Gasteiger charge is 2.27. The van der Waals surface area contributed by atoms with E-state index in [1.54, 1.807) is 6.07 Å². The zero-order valence-corrected chi connectivity index (χ0v) is 17.4. The van der Waals surface area contributed by atoms with Gasteiger partial charge in [-0.05, 0) is 73.4 Å². The van der Waals surface area contributed by atoms with Crippen LogP contribution in [0.3, 0.4) is 0 Å². The van der Waals surface area contributed by atoms with Crippen LogP contribution in [-0.4, -0.2) is 4.37 Å². The maximum Gasteiger partial charge on any atom is 0.258 e. The van der Waals surface area contributed by atoms with Crippen LogP contribution in [-0.2, 0) is 6.42 Å². The molecule has 0 saturated heterocycles. The molecule has 0 spiro atoms. The van der Waals surface area contributed by atoms with Crippen LogP contribution in [0.15, 0.2) is 77.6 Å². The molecule has 0 amide bonds. The summed E-state index contributed by atoms with van der Waals surface area (Å²) in [6.45, 7) is 2.07. The summed E-state index contributed by atoms with van der Waals surface area (Å²) in [4.78, 5) is 12.3. The third-order valence-electron chi connectivity index (χ3n) is 5.36. The molecule has 0 radical (unpaired) electrons. The van der Waals surface area contributed by atoms with Gasteiger partial charge in [0.25, 0.3) is 5.56 Å². The minimum absolute atomic E-state index is 0.00994. The summed E-state index contributed by atoms with van der Waals surface area (Å²) >= 11 is 1.34. The number of aryl methyl sites for hydroxylation is 1. The van der Waals surface area contributed by atoms with Gasteiger partial charge in [-0.15, -0.1) is 0 Å². The number of hydrogen-bond donors (Lipinski definition) is 1. The summed E-state index contributed by atoms with van der Waals surface area (Å²) in [5.41, 5.74) is 4.56. The van der Waals surface area contributed by atoms with Crippen LogP contribution in [0.1, 0.15) is 29.2 Å². The van der Waals surface area contributed by atoms with Crippen LogP contribution in [0.2, 0.25) is 0 Å². The van der Waals surface area contributed by atoms with Gasteiger partial charge in [0.05, 0.1) is 4.88 Å². The Labute approximate surface area is 178 Å². The van der Waals surface area contributed by atoms with Crippen molar-refractivity contribution in [3.05, 3.63) is 99.8 Å². The molecule has 5 heteroatoms. The summed E-state index contributed by atoms with van der Waals surface area (Å²) in [5.74, 6) is 2.57. The van der Waals surface area contributed by atoms with Gasteiger partial charge < -0.3 is 9.47 Å². The average molecular weight is 416 g/mol. The highest BCUT2D eigenvalue weighted by atomic mass is 32.1. The maximum atomic E-state index is 11.4. The maximum absolute atomic E-state index is 11.4. The van der Waals surface area contributed by atoms with E-state index in [2.05, 4.69) is 29.5 Å². The van der Waals surface area contributed by atoms with E-state index in [4.69, 9.17) is 9.47 Å². The molecule has 1 atom stereocenters. The number of ether oxygens (including phenoxy) is 2. The number of fused-ring (bicyclic) bond motifs is 1. The molecule has 0 fully saturated rings. The van der Waals surface area contributed by atoms with Gasteiger partial charge in [0.1, 0.15) is 23.4 Å². The normalized spacial score (nSPS) is 15.0. The van der Waals surface area contributed by atoms with Crippen molar-refractivity contribution in [1.29, 1.82) is 0 Å². The van der Waals surface area contributed by atoms with E-state index in [-0.39, 0.29) is 11.7 Å². The number of nitrogens with one attached hydrogen (secondary N) is 1. The lowest BCUT2D eigenvalue weighted by atomic mass is 10.1. The zero-order chi connectivity index (χ0) is 20.5. The molecule has 1 aromatic heterocycles. The summed E-state index contributed by atoms with van der Waals surface area (Å²) in [6.07, 6.45) is 1.86. The first-order chi connectivity index (χ1) is 14.7. The summed E-state index contributed by atoms with van der Waals surface area (Å²) < 4.78 is 15.2. The van der Waals surface area contributed by atoms with E-state index in [0.717, 1.165) is 40.5 Å². The van der Waals surface area contributed by atoms with Crippen molar-refractivity contribution in [3.63, 3.8) is 0 Å². The van der Waals surface area contributed by atoms with Crippen LogP contribution < -0.4 is 15.0 Å². The van der Waals surface area contributed by atoms with Crippen molar-refractivity contribution < 1.29 is 9.47 Å². The molecule has 0 bridgehead atoms. The lowest BCUT2D eigenvalue weighted by Crippen LogP contribution is -2.03. The molecule has 0 saturated carbocycles. The first-order valence-corrected chi connectivity index (χ1v) is 10.8. The van der Waals surface area contributed by atoms with Gasteiger partial charge in [-0.1, -0.05) is 41.4 Å². The summed E-state index contributed by atoms with van der Waals surface area (Å²) in [7, 11) is 0. The quantitative estimate of drug-likeness (QED) is 0.418. The molecule has 1 heterocycles. The Bertz CT molecular complexity index is 1220. The molecule has 5 rings (SSSR count). The predicted molar refractivity (Wildman–Crippen MR) is 120 cm³/mol. The van der Waals surface area contributed by atoms with E-state index < -0.39 is 0 Å². The Balaban J connectivity index is 1.33. The molecular formula is C25H21NO3S. The molecule has 4 nitrogen and oxygen atoms in total. The molecule has 0 unspecified atom stereocenters. The molecule has 1 aliphatic carbocycles. The first kappa shape index (κ1) is 18.7. The number of aromatic nitrogens is 1. The number of hydrogen-bond acceptors (Lipinski definition) is 4. The third kappa shape index (κ3) is 3.76. The molecule has 0 aliphatic heterocycles. The van der Waals surface area contributed by atoms with Crippen LogP contribution in [0, 0.1) is 6.92 Å². The minimum atomic E-state index is -0.0680. The molecule has 30 heavy (non-hydrogen) atoms. The van der Waals surface area contributed by atoms with Crippen molar-refractivity contribution in [3.8, 4) is 27.7 Å². The lowest BCUT2D eigenvalue weighted by Gasteiger charge is -2.16. The average Bonchev–Trinajstić information content (AvgIpc) is 3.38. The van der Waals surface area contributed by atoms with Gasteiger partial charge >= 0.3 is 0 Å². The molecule has 1 aliphatic rings. The number of benzene rings is 3. The second kappa shape index (κ2) is 7.84. The standard InChI is InChI=1S/C25H21NO3S/c1-16-5-9-18(10-6-16)28-22-4-2-3-20-21(22)13-14-23(20)29-19-11-7-17(8-12-19)24-15-25(27)26-30-24/h2-12,15,23H,13-14H2,1H3,(H,26,27)/t23-/m1/s1. The lowest BCUT2D eigenvalue weighted by molar-refractivity contribution is 0.207. The number of H-pyrrole nitrogens is 1. The summed E-state index contributed by atoms with van der Waals surface area (Å²) in [6, 6.07) is 23.8. The van der Waals surface area contributed by atoms with Crippen LogP contribution in [0.25, 0.3) is 10.4 Å². The molecular weight excluding hydrogens is 394 g/mol. The van der Waals surface area contributed by atoms with E-state index in [1.165, 1.54) is 28.2 Å². The largest absolute Gasteiger partial charge is 0.486 e. The molecule has 4 aromatic rings. The highest BCUT2D eigenvalue weighted by Crippen LogP contribution is 2.41. The van der Waals surface area contributed by atoms with Gasteiger partial charge in [0.15, 0.2) is 0 Å². The highest BCUT2D eigenvalue weighted by molar-refractivity contribution is 7.09. The van der Waals surface area contributed by atoms with E-state index in [0.29, 0.717) is 0 Å². The predicted octanol–water partition coefficient (Wildman–Crippen LogP) is 6.27. The van der Waals surface area contributed by atoms with Gasteiger partial charge in [0, 0.05) is 11.6 Å². The van der Waals surface area contributed by atoms with E-state index in [1.807, 2.05) is 48.5 Å². The zero-order valence-electron chi connectivity index (χ0n) is 16.6. The first-order valence-electron chi connectivity index (χ1n) is 9.98. The Morgan fingerprint density at radius 2 is 1.73 bits per heavy atom. The van der Waals surface area contributed by atoms with Crippen molar-refractivity contribution >= 4 is 11.5 Å². The van der Waals surface area contributed by atoms with Crippen molar-refractivity contribution in [2.45, 2.75) is 25.9 Å². The van der Waals surface area contributed by atoms with Gasteiger partial charge in [-0.25, -0.2) is 0 Å². The van der Waals surface area contributed by atoms with Crippen LogP contribution in [0.5, 0.6) is 17.2 Å². The van der Waals surface area contributed by atoms with Crippen molar-refractivity contribution in [1.82, 2.24) is 4.37 Å². The fourth-order valence-corrected chi connectivity index (χ4v) is 4.51. The van der Waals surface area contributed by atoms with Crippen LogP contribution in [0.4, 0.5) is 0 Å². The Hall–Kier alpha value is -3.31.